The Morgan fingerprint density at radius 1 is 1.24 bits per heavy atom. The van der Waals surface area contributed by atoms with Gasteiger partial charge in [-0.1, -0.05) is 24.9 Å². The van der Waals surface area contributed by atoms with Crippen LogP contribution in [-0.2, 0) is 16.6 Å². The van der Waals surface area contributed by atoms with E-state index < -0.39 is 6.10 Å². The maximum atomic E-state index is 13.2. The van der Waals surface area contributed by atoms with Gasteiger partial charge in [-0.2, -0.15) is 5.10 Å². The van der Waals surface area contributed by atoms with Gasteiger partial charge in [-0.15, -0.1) is 0 Å². The Morgan fingerprint density at radius 2 is 2.03 bits per heavy atom. The van der Waals surface area contributed by atoms with Gasteiger partial charge >= 0.3 is 0 Å². The van der Waals surface area contributed by atoms with E-state index in [4.69, 9.17) is 16.3 Å². The van der Waals surface area contributed by atoms with Crippen LogP contribution in [0.5, 0.6) is 0 Å². The molecule has 1 saturated carbocycles. The van der Waals surface area contributed by atoms with E-state index in [2.05, 4.69) is 45.1 Å². The number of piperazine rings is 1. The largest absolute Gasteiger partial charge is 0.389 e. The molecule has 38 heavy (non-hydrogen) atoms. The van der Waals surface area contributed by atoms with Crippen molar-refractivity contribution in [3.8, 4) is 0 Å². The lowest BCUT2D eigenvalue weighted by molar-refractivity contribution is -0.117. The fourth-order valence-electron chi connectivity index (χ4n) is 6.34. The average Bonchev–Trinajstić information content (AvgIpc) is 3.33. The van der Waals surface area contributed by atoms with Gasteiger partial charge in [-0.3, -0.25) is 14.4 Å². The topological polar surface area (TPSA) is 95.8 Å². The molecule has 9 nitrogen and oxygen atoms in total. The molecule has 0 radical (unpaired) electrons. The minimum atomic E-state index is -0.470. The number of rotatable bonds is 6. The second-order valence-electron chi connectivity index (χ2n) is 11.1. The number of halogens is 1. The summed E-state index contributed by atoms with van der Waals surface area (Å²) >= 11 is 6.71. The first-order valence-electron chi connectivity index (χ1n) is 13.4. The van der Waals surface area contributed by atoms with Crippen LogP contribution in [0.1, 0.15) is 31.9 Å². The van der Waals surface area contributed by atoms with Crippen LogP contribution in [0.3, 0.4) is 0 Å². The molecule has 202 valence electrons. The van der Waals surface area contributed by atoms with E-state index in [-0.39, 0.29) is 23.3 Å². The molecule has 3 unspecified atom stereocenters. The number of amides is 1. The van der Waals surface area contributed by atoms with E-state index >= 15 is 0 Å². The first-order valence-corrected chi connectivity index (χ1v) is 13.8. The Hall–Kier alpha value is -2.72. The number of aliphatic hydroxyl groups is 1. The number of nitrogens with zero attached hydrogens (tertiary/aromatic N) is 5. The summed E-state index contributed by atoms with van der Waals surface area (Å²) in [6, 6.07) is 7.96. The third-order valence-electron chi connectivity index (χ3n) is 8.79. The first kappa shape index (κ1) is 25.6. The highest BCUT2D eigenvalue weighted by molar-refractivity contribution is 6.34. The number of pyridine rings is 1. The monoisotopic (exact) mass is 538 g/mol. The molecule has 3 aliphatic rings. The van der Waals surface area contributed by atoms with Crippen LogP contribution >= 0.6 is 11.6 Å². The van der Waals surface area contributed by atoms with Gasteiger partial charge in [-0.05, 0) is 42.5 Å². The van der Waals surface area contributed by atoms with Gasteiger partial charge in [0.15, 0.2) is 0 Å². The molecule has 10 heteroatoms. The molecule has 5 atom stereocenters. The SMILES string of the molecule is CCC1C(C(=O)Nc2cc3cc(N4CCN([C@@]5(C)COC[C@H]5O)CC4)c(Cl)cc3cn2)C1c1ccn(C)n1. The van der Waals surface area contributed by atoms with Crippen molar-refractivity contribution in [2.75, 3.05) is 49.6 Å². The summed E-state index contributed by atoms with van der Waals surface area (Å²) < 4.78 is 7.32. The van der Waals surface area contributed by atoms with Crippen LogP contribution in [0.4, 0.5) is 11.5 Å². The molecule has 1 aromatic carbocycles. The summed E-state index contributed by atoms with van der Waals surface area (Å²) in [5.74, 6) is 0.912. The molecule has 2 N–H and O–H groups in total. The van der Waals surface area contributed by atoms with Crippen molar-refractivity contribution in [2.24, 2.45) is 18.9 Å². The Balaban J connectivity index is 1.16. The zero-order valence-electron chi connectivity index (χ0n) is 22.1. The van der Waals surface area contributed by atoms with Crippen molar-refractivity contribution < 1.29 is 14.6 Å². The van der Waals surface area contributed by atoms with Crippen molar-refractivity contribution >= 4 is 39.8 Å². The van der Waals surface area contributed by atoms with Crippen molar-refractivity contribution in [2.45, 2.75) is 37.8 Å². The zero-order valence-corrected chi connectivity index (χ0v) is 22.9. The molecule has 1 aliphatic carbocycles. The van der Waals surface area contributed by atoms with Gasteiger partial charge in [-0.25, -0.2) is 4.98 Å². The highest BCUT2D eigenvalue weighted by Crippen LogP contribution is 2.55. The predicted molar refractivity (Wildman–Crippen MR) is 148 cm³/mol. The number of aryl methyl sites for hydroxylation is 1. The number of ether oxygens (including phenoxy) is 1. The summed E-state index contributed by atoms with van der Waals surface area (Å²) in [5, 5.41) is 20.6. The van der Waals surface area contributed by atoms with Crippen LogP contribution in [0.15, 0.2) is 36.7 Å². The summed E-state index contributed by atoms with van der Waals surface area (Å²) in [6.45, 7) is 8.39. The number of aromatic nitrogens is 3. The highest BCUT2D eigenvalue weighted by Gasteiger charge is 2.55. The first-order chi connectivity index (χ1) is 18.3. The molecule has 2 aromatic heterocycles. The van der Waals surface area contributed by atoms with Crippen LogP contribution in [0.25, 0.3) is 10.8 Å². The summed E-state index contributed by atoms with van der Waals surface area (Å²) in [6.07, 6.45) is 4.16. The second-order valence-corrected chi connectivity index (χ2v) is 11.5. The van der Waals surface area contributed by atoms with Crippen LogP contribution in [0.2, 0.25) is 5.02 Å². The minimum Gasteiger partial charge on any atom is -0.389 e. The molecule has 3 fully saturated rings. The standard InChI is InChI=1S/C28H35ClN6O3/c1-4-19-25(21-5-6-33(3)32-21)26(19)27(37)31-24-13-17-12-22(20(29)11-18(17)14-30-24)34-7-9-35(10-8-34)28(2)16-38-15-23(28)36/h5-6,11-14,19,23,25-26,36H,4,7-10,15-16H2,1-3H3,(H,30,31,37)/t19?,23-,25?,26?,28+/m1/s1. The van der Waals surface area contributed by atoms with E-state index in [1.165, 1.54) is 0 Å². The third-order valence-corrected chi connectivity index (χ3v) is 9.09. The lowest BCUT2D eigenvalue weighted by atomic mass is 9.95. The Kier molecular flexibility index (Phi) is 6.58. The predicted octanol–water partition coefficient (Wildman–Crippen LogP) is 3.27. The van der Waals surface area contributed by atoms with E-state index in [0.717, 1.165) is 54.8 Å². The normalized spacial score (nSPS) is 29.7. The van der Waals surface area contributed by atoms with Crippen LogP contribution in [-0.4, -0.2) is 81.7 Å². The van der Waals surface area contributed by atoms with Crippen LogP contribution < -0.4 is 10.2 Å². The lowest BCUT2D eigenvalue weighted by Gasteiger charge is -2.45. The molecular formula is C28H35ClN6O3. The summed E-state index contributed by atoms with van der Waals surface area (Å²) in [5.41, 5.74) is 1.61. The molecule has 2 saturated heterocycles. The molecule has 6 rings (SSSR count). The lowest BCUT2D eigenvalue weighted by Crippen LogP contribution is -2.60. The van der Waals surface area contributed by atoms with Gasteiger partial charge in [0.05, 0.1) is 47.2 Å². The fraction of sp³-hybridized carbons (Fsp3) is 0.536. The molecule has 1 amide bonds. The van der Waals surface area contributed by atoms with E-state index in [1.54, 1.807) is 10.9 Å². The number of carbonyl (C=O) groups is 1. The second kappa shape index (κ2) is 9.79. The van der Waals surface area contributed by atoms with Crippen molar-refractivity contribution in [1.29, 1.82) is 0 Å². The van der Waals surface area contributed by atoms with Gasteiger partial charge < -0.3 is 20.1 Å². The van der Waals surface area contributed by atoms with Gasteiger partial charge in [0.1, 0.15) is 5.82 Å². The number of nitrogens with one attached hydrogen (secondary N) is 1. The van der Waals surface area contributed by atoms with Gasteiger partial charge in [0.25, 0.3) is 0 Å². The van der Waals surface area contributed by atoms with Crippen LogP contribution in [0, 0.1) is 11.8 Å². The summed E-state index contributed by atoms with van der Waals surface area (Å²) in [4.78, 5) is 22.3. The number of hydrogen-bond donors (Lipinski definition) is 2. The van der Waals surface area contributed by atoms with Gasteiger partial charge in [0, 0.05) is 56.9 Å². The Labute approximate surface area is 227 Å². The quantitative estimate of drug-likeness (QED) is 0.497. The van der Waals surface area contributed by atoms with E-state index in [1.807, 2.05) is 31.4 Å². The minimum absolute atomic E-state index is 0.00348. The van der Waals surface area contributed by atoms with Gasteiger partial charge in [0.2, 0.25) is 5.91 Å². The highest BCUT2D eigenvalue weighted by atomic mass is 35.5. The van der Waals surface area contributed by atoms with Crippen molar-refractivity contribution in [1.82, 2.24) is 19.7 Å². The maximum absolute atomic E-state index is 13.2. The fourth-order valence-corrected chi connectivity index (χ4v) is 6.63. The van der Waals surface area contributed by atoms with Crippen molar-refractivity contribution in [3.63, 3.8) is 0 Å². The number of anilines is 2. The molecule has 0 spiro atoms. The number of hydrogen-bond acceptors (Lipinski definition) is 7. The molecular weight excluding hydrogens is 504 g/mol. The van der Waals surface area contributed by atoms with E-state index in [9.17, 15) is 9.90 Å². The molecule has 2 aliphatic heterocycles. The average molecular weight is 539 g/mol. The molecule has 4 heterocycles. The number of carbonyl (C=O) groups excluding carboxylic acids is 1. The third kappa shape index (κ3) is 4.45. The number of benzene rings is 1. The molecule has 3 aromatic rings. The molecule has 0 bridgehead atoms. The van der Waals surface area contributed by atoms with E-state index in [0.29, 0.717) is 30.0 Å². The zero-order chi connectivity index (χ0) is 26.6. The Bertz CT molecular complexity index is 1360. The maximum Gasteiger partial charge on any atom is 0.229 e. The number of fused-ring (bicyclic) bond motifs is 1. The van der Waals surface area contributed by atoms with Crippen molar-refractivity contribution in [3.05, 3.63) is 47.4 Å². The summed E-state index contributed by atoms with van der Waals surface area (Å²) in [7, 11) is 1.90. The Morgan fingerprint density at radius 3 is 2.68 bits per heavy atom. The smallest absolute Gasteiger partial charge is 0.229 e. The number of aliphatic hydroxyl groups excluding tert-OH is 1.